The van der Waals surface area contributed by atoms with Crippen molar-refractivity contribution in [1.29, 1.82) is 0 Å². The molecule has 0 spiro atoms. The number of nitrogens with one attached hydrogen (secondary N) is 1. The van der Waals surface area contributed by atoms with Crippen molar-refractivity contribution < 1.29 is 4.79 Å². The molecule has 3 aromatic rings. The molecule has 1 atom stereocenters. The van der Waals surface area contributed by atoms with Crippen molar-refractivity contribution in [2.45, 2.75) is 39.3 Å². The number of carbonyl (C=O) groups excluding carboxylic acids is 1. The molecule has 0 bridgehead atoms. The van der Waals surface area contributed by atoms with E-state index < -0.39 is 0 Å². The molecule has 0 aliphatic carbocycles. The largest absolute Gasteiger partial charge is 0.322 e. The first-order chi connectivity index (χ1) is 13.7. The summed E-state index contributed by atoms with van der Waals surface area (Å²) in [5, 5.41) is 7.39. The first kappa shape index (κ1) is 19.7. The second-order valence-electron chi connectivity index (χ2n) is 6.83. The lowest BCUT2D eigenvalue weighted by Gasteiger charge is -2.31. The highest BCUT2D eigenvalue weighted by Crippen LogP contribution is 2.19. The summed E-state index contributed by atoms with van der Waals surface area (Å²) in [6.45, 7) is 5.45. The van der Waals surface area contributed by atoms with Crippen LogP contribution >= 0.6 is 0 Å². The average Bonchev–Trinajstić information content (AvgIpc) is 3.23. The Labute approximate surface area is 167 Å². The molecule has 0 fully saturated rings. The number of urea groups is 1. The molecule has 1 heterocycles. The highest BCUT2D eigenvalue weighted by Gasteiger charge is 2.22. The Hall–Kier alpha value is -3.08. The molecule has 1 N–H and O–H groups in total. The first-order valence-corrected chi connectivity index (χ1v) is 9.88. The van der Waals surface area contributed by atoms with Crippen LogP contribution in [0.15, 0.2) is 73.1 Å². The van der Waals surface area contributed by atoms with Crippen molar-refractivity contribution in [1.82, 2.24) is 14.7 Å². The Morgan fingerprint density at radius 3 is 2.50 bits per heavy atom. The van der Waals surface area contributed by atoms with Crippen LogP contribution in [-0.2, 0) is 13.0 Å². The number of rotatable bonds is 8. The maximum atomic E-state index is 13.1. The molecular weight excluding hydrogens is 348 g/mol. The van der Waals surface area contributed by atoms with E-state index in [4.69, 9.17) is 0 Å². The summed E-state index contributed by atoms with van der Waals surface area (Å²) in [5.74, 6) is 0. The minimum absolute atomic E-state index is 0.0572. The Bertz CT molecular complexity index is 861. The molecule has 0 radical (unpaired) electrons. The van der Waals surface area contributed by atoms with Gasteiger partial charge in [-0.1, -0.05) is 55.5 Å². The molecule has 2 aromatic carbocycles. The highest BCUT2D eigenvalue weighted by atomic mass is 16.2. The molecule has 0 saturated carbocycles. The smallest absolute Gasteiger partial charge is 0.322 e. The molecule has 0 saturated heterocycles. The SMILES string of the molecule is CCC(Cc1ccccc1)N(CC)C(=O)Nc1ccccc1Cn1cccn1. The molecule has 146 valence electrons. The zero-order valence-electron chi connectivity index (χ0n) is 16.6. The van der Waals surface area contributed by atoms with E-state index in [0.29, 0.717) is 13.1 Å². The Balaban J connectivity index is 1.73. The molecule has 0 aliphatic heterocycles. The van der Waals surface area contributed by atoms with Crippen molar-refractivity contribution in [2.75, 3.05) is 11.9 Å². The average molecular weight is 377 g/mol. The van der Waals surface area contributed by atoms with Crippen LogP contribution in [0.2, 0.25) is 0 Å². The third-order valence-corrected chi connectivity index (χ3v) is 4.98. The van der Waals surface area contributed by atoms with E-state index in [1.807, 2.05) is 71.2 Å². The topological polar surface area (TPSA) is 50.2 Å². The number of hydrogen-bond donors (Lipinski definition) is 1. The van der Waals surface area contributed by atoms with Crippen molar-refractivity contribution in [3.8, 4) is 0 Å². The second-order valence-corrected chi connectivity index (χ2v) is 6.83. The van der Waals surface area contributed by atoms with Crippen LogP contribution in [0.25, 0.3) is 0 Å². The second kappa shape index (κ2) is 9.74. The lowest BCUT2D eigenvalue weighted by Crippen LogP contribution is -2.43. The first-order valence-electron chi connectivity index (χ1n) is 9.88. The normalized spacial score (nSPS) is 11.8. The van der Waals surface area contributed by atoms with E-state index in [1.165, 1.54) is 5.56 Å². The van der Waals surface area contributed by atoms with Gasteiger partial charge in [-0.25, -0.2) is 4.79 Å². The standard InChI is InChI=1S/C23H28N4O/c1-3-21(17-19-11-6-5-7-12-19)27(4-2)23(28)25-22-14-9-8-13-20(22)18-26-16-10-15-24-26/h5-16,21H,3-4,17-18H2,1-2H3,(H,25,28). The molecule has 5 nitrogen and oxygen atoms in total. The van der Waals surface area contributed by atoms with Gasteiger partial charge in [-0.2, -0.15) is 5.10 Å². The molecule has 5 heteroatoms. The maximum Gasteiger partial charge on any atom is 0.322 e. The summed E-state index contributed by atoms with van der Waals surface area (Å²) < 4.78 is 1.85. The van der Waals surface area contributed by atoms with Gasteiger partial charge in [0.2, 0.25) is 0 Å². The van der Waals surface area contributed by atoms with Gasteiger partial charge in [0.05, 0.1) is 6.54 Å². The summed E-state index contributed by atoms with van der Waals surface area (Å²) in [6.07, 6.45) is 5.44. The van der Waals surface area contributed by atoms with Gasteiger partial charge in [0.25, 0.3) is 0 Å². The quantitative estimate of drug-likeness (QED) is 0.613. The molecule has 28 heavy (non-hydrogen) atoms. The van der Waals surface area contributed by atoms with E-state index in [-0.39, 0.29) is 12.1 Å². The molecular formula is C23H28N4O. The fraction of sp³-hybridized carbons (Fsp3) is 0.304. The van der Waals surface area contributed by atoms with Gasteiger partial charge in [-0.05, 0) is 43.0 Å². The highest BCUT2D eigenvalue weighted by molar-refractivity contribution is 5.90. The molecule has 2 amide bonds. The van der Waals surface area contributed by atoms with E-state index >= 15 is 0 Å². The number of anilines is 1. The van der Waals surface area contributed by atoms with Gasteiger partial charge in [0.1, 0.15) is 0 Å². The summed E-state index contributed by atoms with van der Waals surface area (Å²) >= 11 is 0. The minimum Gasteiger partial charge on any atom is -0.322 e. The van der Waals surface area contributed by atoms with Crippen LogP contribution in [0.4, 0.5) is 10.5 Å². The van der Waals surface area contributed by atoms with Crippen molar-refractivity contribution in [3.63, 3.8) is 0 Å². The Morgan fingerprint density at radius 1 is 1.07 bits per heavy atom. The van der Waals surface area contributed by atoms with Crippen molar-refractivity contribution >= 4 is 11.7 Å². The van der Waals surface area contributed by atoms with Crippen molar-refractivity contribution in [3.05, 3.63) is 84.2 Å². The third kappa shape index (κ3) is 5.00. The van der Waals surface area contributed by atoms with E-state index in [2.05, 4.69) is 29.5 Å². The number of nitrogens with zero attached hydrogens (tertiary/aromatic N) is 3. The third-order valence-electron chi connectivity index (χ3n) is 4.98. The van der Waals surface area contributed by atoms with Crippen LogP contribution in [0.5, 0.6) is 0 Å². The monoisotopic (exact) mass is 376 g/mol. The lowest BCUT2D eigenvalue weighted by atomic mass is 10.0. The van der Waals surface area contributed by atoms with Crippen LogP contribution in [0.1, 0.15) is 31.4 Å². The fourth-order valence-electron chi connectivity index (χ4n) is 3.46. The van der Waals surface area contributed by atoms with Gasteiger partial charge < -0.3 is 10.2 Å². The maximum absolute atomic E-state index is 13.1. The summed E-state index contributed by atoms with van der Waals surface area (Å²) in [5.41, 5.74) is 3.11. The molecule has 3 rings (SSSR count). The van der Waals surface area contributed by atoms with Crippen LogP contribution in [0, 0.1) is 0 Å². The molecule has 1 unspecified atom stereocenters. The molecule has 1 aromatic heterocycles. The Morgan fingerprint density at radius 2 is 1.82 bits per heavy atom. The lowest BCUT2D eigenvalue weighted by molar-refractivity contribution is 0.189. The minimum atomic E-state index is -0.0572. The van der Waals surface area contributed by atoms with Crippen LogP contribution in [0.3, 0.4) is 0 Å². The summed E-state index contributed by atoms with van der Waals surface area (Å²) in [7, 11) is 0. The van der Waals surface area contributed by atoms with Gasteiger partial charge >= 0.3 is 6.03 Å². The van der Waals surface area contributed by atoms with E-state index in [1.54, 1.807) is 6.20 Å². The number of hydrogen-bond acceptors (Lipinski definition) is 2. The number of amides is 2. The number of carbonyl (C=O) groups is 1. The van der Waals surface area contributed by atoms with Crippen LogP contribution in [-0.4, -0.2) is 33.3 Å². The van der Waals surface area contributed by atoms with E-state index in [9.17, 15) is 4.79 Å². The predicted octanol–water partition coefficient (Wildman–Crippen LogP) is 4.81. The number of aromatic nitrogens is 2. The fourth-order valence-corrected chi connectivity index (χ4v) is 3.46. The predicted molar refractivity (Wildman–Crippen MR) is 113 cm³/mol. The summed E-state index contributed by atoms with van der Waals surface area (Å²) in [6, 6.07) is 20.2. The molecule has 0 aliphatic rings. The van der Waals surface area contributed by atoms with Crippen LogP contribution < -0.4 is 5.32 Å². The Kier molecular flexibility index (Phi) is 6.84. The number of para-hydroxylation sites is 1. The van der Waals surface area contributed by atoms with Gasteiger partial charge in [-0.15, -0.1) is 0 Å². The van der Waals surface area contributed by atoms with Crippen molar-refractivity contribution in [2.24, 2.45) is 0 Å². The number of likely N-dealkylation sites (N-methyl/N-ethyl adjacent to an activating group) is 1. The van der Waals surface area contributed by atoms with Gasteiger partial charge in [0, 0.05) is 30.7 Å². The number of benzene rings is 2. The summed E-state index contributed by atoms with van der Waals surface area (Å²) in [4.78, 5) is 15.0. The zero-order valence-corrected chi connectivity index (χ0v) is 16.6. The van der Waals surface area contributed by atoms with Gasteiger partial charge in [-0.3, -0.25) is 4.68 Å². The zero-order chi connectivity index (χ0) is 19.8. The van der Waals surface area contributed by atoms with Gasteiger partial charge in [0.15, 0.2) is 0 Å². The van der Waals surface area contributed by atoms with E-state index in [0.717, 1.165) is 24.1 Å².